The van der Waals surface area contributed by atoms with Gasteiger partial charge < -0.3 is 20.6 Å². The highest BCUT2D eigenvalue weighted by Gasteiger charge is 2.54. The summed E-state index contributed by atoms with van der Waals surface area (Å²) in [5.41, 5.74) is 0.494. The number of thioether (sulfide) groups is 1. The zero-order chi connectivity index (χ0) is 27.4. The van der Waals surface area contributed by atoms with Crippen LogP contribution in [0.2, 0.25) is 0 Å². The predicted octanol–water partition coefficient (Wildman–Crippen LogP) is 0.816. The van der Waals surface area contributed by atoms with E-state index in [-0.39, 0.29) is 29.0 Å². The number of amides is 3. The van der Waals surface area contributed by atoms with Gasteiger partial charge >= 0.3 is 5.97 Å². The van der Waals surface area contributed by atoms with Gasteiger partial charge in [0.25, 0.3) is 11.8 Å². The molecule has 0 saturated carbocycles. The number of aromatic nitrogens is 2. The van der Waals surface area contributed by atoms with Gasteiger partial charge in [0.05, 0.1) is 0 Å². The van der Waals surface area contributed by atoms with E-state index >= 15 is 0 Å². The summed E-state index contributed by atoms with van der Waals surface area (Å²) in [5, 5.41) is 18.5. The number of allylic oxidation sites excluding steroid dienone is 1. The number of pyridine rings is 2. The monoisotopic (exact) mass is 549 g/mol. The summed E-state index contributed by atoms with van der Waals surface area (Å²) in [5.74, 6) is -1.86. The van der Waals surface area contributed by atoms with Gasteiger partial charge in [0.1, 0.15) is 34.7 Å². The first-order valence-corrected chi connectivity index (χ1v) is 13.2. The Labute approximate surface area is 227 Å². The molecule has 0 aromatic carbocycles. The Bertz CT molecular complexity index is 1390. The highest BCUT2D eigenvalue weighted by molar-refractivity contribution is 8.00. The first kappa shape index (κ1) is 26.1. The summed E-state index contributed by atoms with van der Waals surface area (Å²) < 4.78 is 1.84. The molecular formula is C26H25N6O6S+. The van der Waals surface area contributed by atoms with Gasteiger partial charge in [-0.25, -0.2) is 14.3 Å². The van der Waals surface area contributed by atoms with E-state index in [9.17, 15) is 24.3 Å². The molecule has 3 atom stereocenters. The second-order valence-electron chi connectivity index (χ2n) is 8.93. The van der Waals surface area contributed by atoms with Crippen molar-refractivity contribution in [1.82, 2.24) is 15.2 Å². The fourth-order valence-electron chi connectivity index (χ4n) is 4.50. The van der Waals surface area contributed by atoms with Gasteiger partial charge in [-0.1, -0.05) is 23.4 Å². The van der Waals surface area contributed by atoms with E-state index in [1.54, 1.807) is 12.1 Å². The number of rotatable bonds is 10. The minimum Gasteiger partial charge on any atom is -0.477 e. The number of nitrogens with one attached hydrogen (secondary N) is 2. The molecule has 1 fully saturated rings. The van der Waals surface area contributed by atoms with Crippen molar-refractivity contribution >= 4 is 47.5 Å². The summed E-state index contributed by atoms with van der Waals surface area (Å²) >= 11 is 1.38. The number of nitrogens with zero attached hydrogens (tertiary/aromatic N) is 4. The molecule has 13 heteroatoms. The molecule has 39 heavy (non-hydrogen) atoms. The Morgan fingerprint density at radius 3 is 2.79 bits per heavy atom. The predicted molar refractivity (Wildman–Crippen MR) is 140 cm³/mol. The van der Waals surface area contributed by atoms with Crippen LogP contribution in [-0.4, -0.2) is 68.2 Å². The van der Waals surface area contributed by atoms with Gasteiger partial charge in [-0.3, -0.25) is 19.3 Å². The number of oxime groups is 1. The van der Waals surface area contributed by atoms with Crippen LogP contribution in [0.15, 0.2) is 77.4 Å². The van der Waals surface area contributed by atoms with Crippen molar-refractivity contribution in [3.8, 4) is 0 Å². The van der Waals surface area contributed by atoms with E-state index in [1.165, 1.54) is 22.7 Å². The molecule has 12 nitrogen and oxygen atoms in total. The largest absolute Gasteiger partial charge is 0.477 e. The molecule has 4 heterocycles. The van der Waals surface area contributed by atoms with Crippen molar-refractivity contribution < 1.29 is 33.7 Å². The summed E-state index contributed by atoms with van der Waals surface area (Å²) in [6, 6.07) is 9.25. The molecule has 2 aromatic rings. The summed E-state index contributed by atoms with van der Waals surface area (Å²) in [7, 11) is 0. The molecule has 2 aliphatic heterocycles. The van der Waals surface area contributed by atoms with Crippen molar-refractivity contribution in [2.45, 2.75) is 36.9 Å². The lowest BCUT2D eigenvalue weighted by Gasteiger charge is -2.49. The summed E-state index contributed by atoms with van der Waals surface area (Å²) in [6.45, 7) is 0.323. The van der Waals surface area contributed by atoms with E-state index in [0.29, 0.717) is 30.7 Å². The van der Waals surface area contributed by atoms with Crippen molar-refractivity contribution in [2.75, 3.05) is 11.1 Å². The minimum absolute atomic E-state index is 0.0647. The molecule has 1 saturated heterocycles. The quantitative estimate of drug-likeness (QED) is 0.0983. The van der Waals surface area contributed by atoms with E-state index in [4.69, 9.17) is 4.84 Å². The van der Waals surface area contributed by atoms with Gasteiger partial charge in [-0.15, -0.1) is 11.8 Å². The Morgan fingerprint density at radius 2 is 2.08 bits per heavy atom. The van der Waals surface area contributed by atoms with E-state index in [1.807, 2.05) is 47.3 Å². The zero-order valence-electron chi connectivity index (χ0n) is 20.6. The number of fused-ring (bicyclic) bond motifs is 1. The number of anilines is 1. The Kier molecular flexibility index (Phi) is 7.68. The number of carbonyl (C=O) groups excluding carboxylic acids is 3. The molecular weight excluding hydrogens is 524 g/mol. The van der Waals surface area contributed by atoms with Crippen molar-refractivity contribution in [1.29, 1.82) is 0 Å². The van der Waals surface area contributed by atoms with Crippen molar-refractivity contribution in [3.05, 3.63) is 77.9 Å². The molecule has 5 rings (SSSR count). The number of hydrogen-bond acceptors (Lipinski definition) is 8. The van der Waals surface area contributed by atoms with Gasteiger partial charge in [-0.05, 0) is 31.1 Å². The highest BCUT2D eigenvalue weighted by atomic mass is 32.2. The second-order valence-corrected chi connectivity index (χ2v) is 10.0. The van der Waals surface area contributed by atoms with Crippen LogP contribution in [0.5, 0.6) is 0 Å². The maximum absolute atomic E-state index is 13.4. The average molecular weight is 550 g/mol. The first-order chi connectivity index (χ1) is 19.0. The van der Waals surface area contributed by atoms with E-state index < -0.39 is 29.2 Å². The zero-order valence-corrected chi connectivity index (χ0v) is 21.4. The molecule has 2 unspecified atom stereocenters. The number of carbonyl (C=O) groups is 4. The summed E-state index contributed by atoms with van der Waals surface area (Å²) in [4.78, 5) is 60.6. The van der Waals surface area contributed by atoms with Crippen LogP contribution in [0, 0.1) is 0 Å². The third-order valence-electron chi connectivity index (χ3n) is 6.35. The normalized spacial score (nSPS) is 22.2. The van der Waals surface area contributed by atoms with Crippen LogP contribution in [0.4, 0.5) is 5.82 Å². The van der Waals surface area contributed by atoms with Gasteiger partial charge in [-0.2, -0.15) is 0 Å². The molecule has 0 radical (unpaired) electrons. The third-order valence-corrected chi connectivity index (χ3v) is 7.69. The number of carboxylic acids is 1. The van der Waals surface area contributed by atoms with Gasteiger partial charge in [0, 0.05) is 23.5 Å². The lowest BCUT2D eigenvalue weighted by atomic mass is 10.0. The Morgan fingerprint density at radius 1 is 1.26 bits per heavy atom. The van der Waals surface area contributed by atoms with Gasteiger partial charge in [0.2, 0.25) is 6.41 Å². The number of β-lactam (4-membered cyclic amide) rings is 1. The molecule has 3 N–H and O–H groups in total. The lowest BCUT2D eigenvalue weighted by Crippen LogP contribution is -2.71. The lowest BCUT2D eigenvalue weighted by molar-refractivity contribution is -0.689. The standard InChI is InChI=1S/C26H24N6O6S/c33-15-27-19-10-6-9-18(28-19)20(30-38-17-7-2-3-8-17)23(34)29-21-24(35)32-22(26(36)37)16(14-39-25(21)32)13-31-11-4-1-5-12-31/h1-2,4-7,9-12,15,17,21,25H,3,8,13-14H2,(H2-,27,28,29,33,34,36,37)/p+1/b30-20-/t17?,21?,25-/m1/s1. The fraction of sp³-hybridized carbons (Fsp3) is 0.269. The average Bonchev–Trinajstić information content (AvgIpc) is 3.46. The van der Waals surface area contributed by atoms with Crippen LogP contribution in [0.1, 0.15) is 18.5 Å². The molecule has 3 aliphatic rings. The van der Waals surface area contributed by atoms with Crippen LogP contribution in [0.25, 0.3) is 0 Å². The maximum atomic E-state index is 13.4. The van der Waals surface area contributed by atoms with Crippen LogP contribution >= 0.6 is 11.8 Å². The molecule has 0 spiro atoms. The van der Waals surface area contributed by atoms with Gasteiger partial charge in [0.15, 0.2) is 24.7 Å². The molecule has 1 aliphatic carbocycles. The molecule has 3 amide bonds. The van der Waals surface area contributed by atoms with Crippen LogP contribution in [0.3, 0.4) is 0 Å². The highest BCUT2D eigenvalue weighted by Crippen LogP contribution is 2.40. The topological polar surface area (TPSA) is 154 Å². The Balaban J connectivity index is 1.36. The maximum Gasteiger partial charge on any atom is 0.352 e. The minimum atomic E-state index is -1.20. The van der Waals surface area contributed by atoms with E-state index in [2.05, 4.69) is 20.8 Å². The number of aliphatic carboxylic acids is 1. The second kappa shape index (κ2) is 11.5. The van der Waals surface area contributed by atoms with Crippen LogP contribution in [-0.2, 0) is 30.6 Å². The number of carboxylic acid groups (broad SMARTS) is 1. The van der Waals surface area contributed by atoms with Crippen molar-refractivity contribution in [2.24, 2.45) is 5.16 Å². The third kappa shape index (κ3) is 5.53. The number of hydrogen-bond donors (Lipinski definition) is 3. The smallest absolute Gasteiger partial charge is 0.352 e. The van der Waals surface area contributed by atoms with Crippen molar-refractivity contribution in [3.63, 3.8) is 0 Å². The molecule has 0 bridgehead atoms. The Hall–Kier alpha value is -4.52. The fourth-order valence-corrected chi connectivity index (χ4v) is 5.83. The van der Waals surface area contributed by atoms with Crippen LogP contribution < -0.4 is 15.2 Å². The first-order valence-electron chi connectivity index (χ1n) is 12.2. The molecule has 200 valence electrons. The molecule has 2 aromatic heterocycles. The summed E-state index contributed by atoms with van der Waals surface area (Å²) in [6.07, 6.45) is 9.13. The SMILES string of the molecule is O=CNc1cccc(/C(=N/OC2C=CCC2)C(=O)NC2C(=O)N3C(C(=O)O)=C(C[n+]4ccccc4)CS[C@H]23)n1. The van der Waals surface area contributed by atoms with E-state index in [0.717, 1.165) is 6.42 Å².